The van der Waals surface area contributed by atoms with Gasteiger partial charge < -0.3 is 9.64 Å². The van der Waals surface area contributed by atoms with Crippen molar-refractivity contribution < 1.29 is 17.9 Å². The maximum atomic E-state index is 12.3. The SMILES string of the molecule is CC(=O)N1CCC[C@H](NS(=O)(=O)N(C)C)[C@@H]1COC1CCC(C(C)C)CC1. The van der Waals surface area contributed by atoms with E-state index in [9.17, 15) is 13.2 Å². The van der Waals surface area contributed by atoms with E-state index in [4.69, 9.17) is 4.74 Å². The Morgan fingerprint density at radius 1 is 1.19 bits per heavy atom. The summed E-state index contributed by atoms with van der Waals surface area (Å²) in [6.07, 6.45) is 6.16. The van der Waals surface area contributed by atoms with Crippen LogP contribution in [0, 0.1) is 11.8 Å². The fourth-order valence-corrected chi connectivity index (χ4v) is 5.11. The molecule has 1 amide bonds. The molecule has 1 aliphatic heterocycles. The minimum atomic E-state index is -3.55. The summed E-state index contributed by atoms with van der Waals surface area (Å²) in [7, 11) is -0.537. The van der Waals surface area contributed by atoms with Crippen LogP contribution in [0.25, 0.3) is 0 Å². The molecule has 2 rings (SSSR count). The summed E-state index contributed by atoms with van der Waals surface area (Å²) in [5, 5.41) is 0. The Morgan fingerprint density at radius 2 is 1.81 bits per heavy atom. The summed E-state index contributed by atoms with van der Waals surface area (Å²) in [5.74, 6) is 1.45. The third kappa shape index (κ3) is 6.14. The Bertz CT molecular complexity index is 586. The van der Waals surface area contributed by atoms with Gasteiger partial charge in [-0.2, -0.15) is 17.4 Å². The second-order valence-corrected chi connectivity index (χ2v) is 10.5. The highest BCUT2D eigenvalue weighted by Gasteiger charge is 2.36. The number of ether oxygens (including phenoxy) is 1. The van der Waals surface area contributed by atoms with E-state index in [1.54, 1.807) is 11.8 Å². The Balaban J connectivity index is 2.00. The first-order valence-electron chi connectivity index (χ1n) is 10.2. The molecular weight excluding hydrogens is 366 g/mol. The van der Waals surface area contributed by atoms with Gasteiger partial charge in [-0.05, 0) is 50.4 Å². The number of hydrogen-bond donors (Lipinski definition) is 1. The third-order valence-corrected chi connectivity index (χ3v) is 7.69. The summed E-state index contributed by atoms with van der Waals surface area (Å²) >= 11 is 0. The van der Waals surface area contributed by atoms with Crippen molar-refractivity contribution in [3.8, 4) is 0 Å². The van der Waals surface area contributed by atoms with E-state index in [1.165, 1.54) is 31.2 Å². The normalized spacial score (nSPS) is 30.1. The molecule has 0 spiro atoms. The van der Waals surface area contributed by atoms with Crippen LogP contribution >= 0.6 is 0 Å². The Labute approximate surface area is 165 Å². The highest BCUT2D eigenvalue weighted by molar-refractivity contribution is 7.87. The average molecular weight is 404 g/mol. The monoisotopic (exact) mass is 403 g/mol. The molecule has 1 heterocycles. The molecule has 0 unspecified atom stereocenters. The second kappa shape index (κ2) is 9.67. The molecule has 2 atom stereocenters. The summed E-state index contributed by atoms with van der Waals surface area (Å²) in [4.78, 5) is 13.9. The average Bonchev–Trinajstić information content (AvgIpc) is 2.60. The van der Waals surface area contributed by atoms with Crippen molar-refractivity contribution in [1.29, 1.82) is 0 Å². The number of nitrogens with one attached hydrogen (secondary N) is 1. The number of nitrogens with zero attached hydrogens (tertiary/aromatic N) is 2. The molecule has 2 fully saturated rings. The molecule has 0 aromatic carbocycles. The number of piperidine rings is 1. The first-order valence-corrected chi connectivity index (χ1v) is 11.6. The molecule has 158 valence electrons. The minimum absolute atomic E-state index is 0.0270. The van der Waals surface area contributed by atoms with Crippen molar-refractivity contribution in [3.63, 3.8) is 0 Å². The van der Waals surface area contributed by atoms with Gasteiger partial charge in [0.2, 0.25) is 5.91 Å². The van der Waals surface area contributed by atoms with Crippen LogP contribution < -0.4 is 4.72 Å². The highest BCUT2D eigenvalue weighted by Crippen LogP contribution is 2.31. The molecule has 0 radical (unpaired) electrons. The van der Waals surface area contributed by atoms with Gasteiger partial charge in [-0.15, -0.1) is 0 Å². The van der Waals surface area contributed by atoms with Gasteiger partial charge in [0.25, 0.3) is 10.2 Å². The number of amides is 1. The van der Waals surface area contributed by atoms with Crippen molar-refractivity contribution in [1.82, 2.24) is 13.9 Å². The van der Waals surface area contributed by atoms with E-state index in [-0.39, 0.29) is 24.1 Å². The second-order valence-electron chi connectivity index (χ2n) is 8.55. The van der Waals surface area contributed by atoms with E-state index < -0.39 is 10.2 Å². The highest BCUT2D eigenvalue weighted by atomic mass is 32.2. The van der Waals surface area contributed by atoms with Crippen molar-refractivity contribution in [3.05, 3.63) is 0 Å². The molecule has 1 saturated heterocycles. The smallest absolute Gasteiger partial charge is 0.279 e. The lowest BCUT2D eigenvalue weighted by atomic mass is 9.80. The standard InChI is InChI=1S/C19H37N3O4S/c1-14(2)16-8-10-17(11-9-16)26-13-19-18(20-27(24,25)21(4)5)7-6-12-22(19)15(3)23/h14,16-20H,6-13H2,1-5H3/t16?,17?,18-,19-/m0/s1. The Kier molecular flexibility index (Phi) is 8.09. The van der Waals surface area contributed by atoms with Crippen LogP contribution in [0.5, 0.6) is 0 Å². The summed E-state index contributed by atoms with van der Waals surface area (Å²) in [5.41, 5.74) is 0. The van der Waals surface area contributed by atoms with E-state index in [0.717, 1.165) is 25.2 Å². The van der Waals surface area contributed by atoms with E-state index in [2.05, 4.69) is 18.6 Å². The summed E-state index contributed by atoms with van der Waals surface area (Å²) < 4.78 is 34.7. The van der Waals surface area contributed by atoms with E-state index >= 15 is 0 Å². The molecule has 7 nitrogen and oxygen atoms in total. The van der Waals surface area contributed by atoms with Crippen LogP contribution in [0.15, 0.2) is 0 Å². The number of carbonyl (C=O) groups excluding carboxylic acids is 1. The number of rotatable bonds is 7. The van der Waals surface area contributed by atoms with Gasteiger partial charge in [0.05, 0.1) is 18.8 Å². The quantitative estimate of drug-likeness (QED) is 0.705. The first-order chi connectivity index (χ1) is 12.6. The van der Waals surface area contributed by atoms with Crippen LogP contribution in [0.3, 0.4) is 0 Å². The fraction of sp³-hybridized carbons (Fsp3) is 0.947. The molecule has 8 heteroatoms. The van der Waals surface area contributed by atoms with Crippen LogP contribution in [0.1, 0.15) is 59.3 Å². The van der Waals surface area contributed by atoms with Crippen molar-refractivity contribution in [2.24, 2.45) is 11.8 Å². The maximum Gasteiger partial charge on any atom is 0.279 e. The summed E-state index contributed by atoms with van der Waals surface area (Å²) in [6.45, 7) is 7.14. The zero-order valence-electron chi connectivity index (χ0n) is 17.5. The first kappa shape index (κ1) is 22.6. The Hall–Kier alpha value is -0.700. The Morgan fingerprint density at radius 3 is 2.33 bits per heavy atom. The zero-order valence-corrected chi connectivity index (χ0v) is 18.3. The molecular formula is C19H37N3O4S. The molecule has 1 aliphatic carbocycles. The topological polar surface area (TPSA) is 79.0 Å². The van der Waals surface area contributed by atoms with Gasteiger partial charge in [-0.1, -0.05) is 13.8 Å². The predicted molar refractivity (Wildman–Crippen MR) is 106 cm³/mol. The minimum Gasteiger partial charge on any atom is -0.376 e. The molecule has 1 saturated carbocycles. The van der Waals surface area contributed by atoms with E-state index in [1.807, 2.05) is 0 Å². The van der Waals surface area contributed by atoms with Crippen LogP contribution in [-0.4, -0.2) is 69.0 Å². The predicted octanol–water partition coefficient (Wildman–Crippen LogP) is 1.99. The van der Waals surface area contributed by atoms with Gasteiger partial charge >= 0.3 is 0 Å². The van der Waals surface area contributed by atoms with Gasteiger partial charge in [-0.3, -0.25) is 4.79 Å². The molecule has 2 aliphatic rings. The lowest BCUT2D eigenvalue weighted by Crippen LogP contribution is -2.59. The van der Waals surface area contributed by atoms with Gasteiger partial charge in [0.15, 0.2) is 0 Å². The number of carbonyl (C=O) groups is 1. The van der Waals surface area contributed by atoms with Crippen LogP contribution in [0.4, 0.5) is 0 Å². The van der Waals surface area contributed by atoms with Gasteiger partial charge in [0.1, 0.15) is 0 Å². The van der Waals surface area contributed by atoms with Crippen LogP contribution in [-0.2, 0) is 19.7 Å². The van der Waals surface area contributed by atoms with E-state index in [0.29, 0.717) is 25.5 Å². The molecule has 1 N–H and O–H groups in total. The molecule has 0 aromatic heterocycles. The zero-order chi connectivity index (χ0) is 20.2. The van der Waals surface area contributed by atoms with Gasteiger partial charge in [0, 0.05) is 33.6 Å². The third-order valence-electron chi connectivity index (χ3n) is 6.13. The largest absolute Gasteiger partial charge is 0.376 e. The van der Waals surface area contributed by atoms with Gasteiger partial charge in [-0.25, -0.2) is 0 Å². The van der Waals surface area contributed by atoms with Crippen molar-refractivity contribution in [2.75, 3.05) is 27.2 Å². The number of hydrogen-bond acceptors (Lipinski definition) is 4. The lowest BCUT2D eigenvalue weighted by Gasteiger charge is -2.42. The van der Waals surface area contributed by atoms with Crippen molar-refractivity contribution in [2.45, 2.75) is 77.5 Å². The summed E-state index contributed by atoms with van der Waals surface area (Å²) in [6, 6.07) is -0.573. The molecule has 27 heavy (non-hydrogen) atoms. The van der Waals surface area contributed by atoms with Crippen molar-refractivity contribution >= 4 is 16.1 Å². The maximum absolute atomic E-state index is 12.3. The lowest BCUT2D eigenvalue weighted by molar-refractivity contribution is -0.136. The molecule has 0 aromatic rings. The molecule has 0 bridgehead atoms. The van der Waals surface area contributed by atoms with Crippen LogP contribution in [0.2, 0.25) is 0 Å². The number of likely N-dealkylation sites (tertiary alicyclic amines) is 1. The fourth-order valence-electron chi connectivity index (χ4n) is 4.24.